The number of aromatic nitrogens is 1. The number of aryl methyl sites for hydroxylation is 3. The van der Waals surface area contributed by atoms with Crippen LogP contribution in [-0.4, -0.2) is 38.4 Å². The van der Waals surface area contributed by atoms with Crippen LogP contribution in [0.2, 0.25) is 0 Å². The molecule has 1 N–H and O–H groups in total. The molecular formula is C16H23N3O3S. The lowest BCUT2D eigenvalue weighted by molar-refractivity contribution is 0.290. The molecule has 0 atom stereocenters. The van der Waals surface area contributed by atoms with Crippen molar-refractivity contribution in [1.82, 2.24) is 14.6 Å². The predicted molar refractivity (Wildman–Crippen MR) is 88.7 cm³/mol. The number of nitrogens with zero attached hydrogens (tertiary/aromatic N) is 2. The van der Waals surface area contributed by atoms with E-state index in [-0.39, 0.29) is 4.90 Å². The van der Waals surface area contributed by atoms with Gasteiger partial charge in [0, 0.05) is 13.1 Å². The van der Waals surface area contributed by atoms with Gasteiger partial charge in [-0.05, 0) is 40.0 Å². The molecule has 0 radical (unpaired) electrons. The first-order chi connectivity index (χ1) is 10.8. The third-order valence-corrected chi connectivity index (χ3v) is 5.07. The van der Waals surface area contributed by atoms with E-state index in [0.717, 1.165) is 17.0 Å². The van der Waals surface area contributed by atoms with Crippen LogP contribution in [0.15, 0.2) is 33.6 Å². The molecule has 0 amide bonds. The number of hydrogen-bond acceptors (Lipinski definition) is 5. The van der Waals surface area contributed by atoms with Gasteiger partial charge in [0.25, 0.3) is 0 Å². The van der Waals surface area contributed by atoms with Crippen molar-refractivity contribution in [2.45, 2.75) is 32.2 Å². The summed E-state index contributed by atoms with van der Waals surface area (Å²) in [5, 5.41) is 0. The fourth-order valence-electron chi connectivity index (χ4n) is 2.09. The topological polar surface area (TPSA) is 75.4 Å². The molecular weight excluding hydrogens is 314 g/mol. The van der Waals surface area contributed by atoms with Crippen LogP contribution in [0.3, 0.4) is 0 Å². The molecule has 1 heterocycles. The Bertz CT molecular complexity index is 732. The Hall–Kier alpha value is -1.70. The Labute approximate surface area is 137 Å². The molecule has 0 bridgehead atoms. The van der Waals surface area contributed by atoms with E-state index in [0.29, 0.717) is 25.5 Å². The number of nitrogens with one attached hydrogen (secondary N) is 1. The summed E-state index contributed by atoms with van der Waals surface area (Å²) in [5.41, 5.74) is 1.91. The first-order valence-electron chi connectivity index (χ1n) is 7.46. The van der Waals surface area contributed by atoms with Gasteiger partial charge in [-0.15, -0.1) is 0 Å². The molecule has 0 saturated heterocycles. The van der Waals surface area contributed by atoms with E-state index in [9.17, 15) is 8.42 Å². The number of rotatable bonds is 7. The zero-order valence-electron chi connectivity index (χ0n) is 14.0. The highest BCUT2D eigenvalue weighted by atomic mass is 32.2. The van der Waals surface area contributed by atoms with Gasteiger partial charge in [0.05, 0.1) is 17.1 Å². The van der Waals surface area contributed by atoms with Crippen molar-refractivity contribution in [3.8, 4) is 0 Å². The van der Waals surface area contributed by atoms with Crippen LogP contribution in [0.25, 0.3) is 0 Å². The second-order valence-electron chi connectivity index (χ2n) is 5.70. The number of likely N-dealkylation sites (N-methyl/N-ethyl adjacent to an activating group) is 1. The van der Waals surface area contributed by atoms with E-state index in [1.165, 1.54) is 0 Å². The molecule has 6 nitrogen and oxygen atoms in total. The van der Waals surface area contributed by atoms with Crippen molar-refractivity contribution in [2.24, 2.45) is 0 Å². The number of oxazole rings is 1. The summed E-state index contributed by atoms with van der Waals surface area (Å²) < 4.78 is 32.5. The van der Waals surface area contributed by atoms with Gasteiger partial charge in [-0.1, -0.05) is 17.7 Å². The maximum Gasteiger partial charge on any atom is 0.240 e. The quantitative estimate of drug-likeness (QED) is 0.836. The Morgan fingerprint density at radius 3 is 2.39 bits per heavy atom. The summed E-state index contributed by atoms with van der Waals surface area (Å²) in [7, 11) is -1.57. The molecule has 23 heavy (non-hydrogen) atoms. The van der Waals surface area contributed by atoms with Gasteiger partial charge in [-0.2, -0.15) is 0 Å². The molecule has 0 unspecified atom stereocenters. The second kappa shape index (κ2) is 7.25. The minimum Gasteiger partial charge on any atom is -0.444 e. The van der Waals surface area contributed by atoms with Crippen LogP contribution in [-0.2, 0) is 16.6 Å². The van der Waals surface area contributed by atoms with Crippen LogP contribution >= 0.6 is 0 Å². The maximum atomic E-state index is 12.2. The van der Waals surface area contributed by atoms with Crippen LogP contribution in [0.5, 0.6) is 0 Å². The summed E-state index contributed by atoms with van der Waals surface area (Å²) in [6.07, 6.45) is 0. The molecule has 1 aromatic heterocycles. The molecule has 0 aliphatic carbocycles. The minimum atomic E-state index is -3.46. The Balaban J connectivity index is 1.84. The molecule has 7 heteroatoms. The van der Waals surface area contributed by atoms with E-state index < -0.39 is 10.0 Å². The van der Waals surface area contributed by atoms with Crippen molar-refractivity contribution in [2.75, 3.05) is 20.1 Å². The largest absolute Gasteiger partial charge is 0.444 e. The lowest BCUT2D eigenvalue weighted by atomic mass is 10.2. The van der Waals surface area contributed by atoms with Gasteiger partial charge in [0.15, 0.2) is 0 Å². The maximum absolute atomic E-state index is 12.2. The van der Waals surface area contributed by atoms with E-state index in [2.05, 4.69) is 9.71 Å². The summed E-state index contributed by atoms with van der Waals surface area (Å²) in [6, 6.07) is 6.79. The van der Waals surface area contributed by atoms with Gasteiger partial charge in [0.2, 0.25) is 15.9 Å². The first kappa shape index (κ1) is 17.7. The SMILES string of the molecule is Cc1ccc(S(=O)(=O)NCCN(C)Cc2nc(C)c(C)o2)cc1. The first-order valence-corrected chi connectivity index (χ1v) is 8.94. The highest BCUT2D eigenvalue weighted by Crippen LogP contribution is 2.11. The Morgan fingerprint density at radius 2 is 1.83 bits per heavy atom. The zero-order chi connectivity index (χ0) is 17.0. The van der Waals surface area contributed by atoms with Crippen molar-refractivity contribution >= 4 is 10.0 Å². The minimum absolute atomic E-state index is 0.282. The highest BCUT2D eigenvalue weighted by Gasteiger charge is 2.14. The zero-order valence-corrected chi connectivity index (χ0v) is 14.8. The van der Waals surface area contributed by atoms with E-state index in [1.807, 2.05) is 32.7 Å². The molecule has 0 spiro atoms. The van der Waals surface area contributed by atoms with Gasteiger partial charge in [-0.3, -0.25) is 4.90 Å². The number of sulfonamides is 1. The predicted octanol–water partition coefficient (Wildman–Crippen LogP) is 2.01. The molecule has 0 aliphatic heterocycles. The van der Waals surface area contributed by atoms with Gasteiger partial charge < -0.3 is 4.42 Å². The van der Waals surface area contributed by atoms with Crippen LogP contribution in [0.1, 0.15) is 22.9 Å². The molecule has 0 aliphatic rings. The summed E-state index contributed by atoms with van der Waals surface area (Å²) >= 11 is 0. The smallest absolute Gasteiger partial charge is 0.240 e. The van der Waals surface area contributed by atoms with Gasteiger partial charge in [-0.25, -0.2) is 18.1 Å². The lowest BCUT2D eigenvalue weighted by Crippen LogP contribution is -2.32. The molecule has 0 fully saturated rings. The van der Waals surface area contributed by atoms with Crippen molar-refractivity contribution in [1.29, 1.82) is 0 Å². The third-order valence-electron chi connectivity index (χ3n) is 3.59. The summed E-state index contributed by atoms with van der Waals surface area (Å²) in [5.74, 6) is 1.46. The second-order valence-corrected chi connectivity index (χ2v) is 7.46. The fraction of sp³-hybridized carbons (Fsp3) is 0.438. The standard InChI is InChI=1S/C16H23N3O3S/c1-12-5-7-15(8-6-12)23(20,21)17-9-10-19(4)11-16-18-13(2)14(3)22-16/h5-8,17H,9-11H2,1-4H3. The van der Waals surface area contributed by atoms with Gasteiger partial charge in [0.1, 0.15) is 5.76 Å². The molecule has 0 saturated carbocycles. The Morgan fingerprint density at radius 1 is 1.17 bits per heavy atom. The fourth-order valence-corrected chi connectivity index (χ4v) is 3.11. The highest BCUT2D eigenvalue weighted by molar-refractivity contribution is 7.89. The monoisotopic (exact) mass is 337 g/mol. The van der Waals surface area contributed by atoms with Crippen molar-refractivity contribution in [3.63, 3.8) is 0 Å². The van der Waals surface area contributed by atoms with E-state index in [1.54, 1.807) is 24.3 Å². The third kappa shape index (κ3) is 4.89. The molecule has 2 aromatic rings. The number of hydrogen-bond donors (Lipinski definition) is 1. The average molecular weight is 337 g/mol. The van der Waals surface area contributed by atoms with Crippen molar-refractivity contribution < 1.29 is 12.8 Å². The molecule has 126 valence electrons. The van der Waals surface area contributed by atoms with Gasteiger partial charge >= 0.3 is 0 Å². The van der Waals surface area contributed by atoms with Crippen LogP contribution in [0.4, 0.5) is 0 Å². The van der Waals surface area contributed by atoms with Crippen LogP contribution in [0, 0.1) is 20.8 Å². The van der Waals surface area contributed by atoms with Crippen LogP contribution < -0.4 is 4.72 Å². The molecule has 2 rings (SSSR count). The molecule has 1 aromatic carbocycles. The lowest BCUT2D eigenvalue weighted by Gasteiger charge is -2.15. The summed E-state index contributed by atoms with van der Waals surface area (Å²) in [4.78, 5) is 6.56. The average Bonchev–Trinajstić information content (AvgIpc) is 2.77. The normalized spacial score (nSPS) is 12.0. The summed E-state index contributed by atoms with van der Waals surface area (Å²) in [6.45, 7) is 7.13. The Kier molecular flexibility index (Phi) is 5.56. The van der Waals surface area contributed by atoms with E-state index in [4.69, 9.17) is 4.42 Å². The number of benzene rings is 1. The van der Waals surface area contributed by atoms with Crippen molar-refractivity contribution in [3.05, 3.63) is 47.2 Å². The van der Waals surface area contributed by atoms with E-state index >= 15 is 0 Å².